The van der Waals surface area contributed by atoms with Crippen LogP contribution in [-0.4, -0.2) is 35.3 Å². The fourth-order valence-corrected chi connectivity index (χ4v) is 2.97. The highest BCUT2D eigenvalue weighted by Gasteiger charge is 2.43. The molecular weight excluding hydrogens is 406 g/mol. The first kappa shape index (κ1) is 23.4. The molecule has 5 nitrogen and oxygen atoms in total. The highest BCUT2D eigenvalue weighted by Crippen LogP contribution is 2.38. The number of piperidine rings is 1. The number of ether oxygens (including phenoxy) is 1. The minimum absolute atomic E-state index is 0.0433. The maximum atomic E-state index is 13.0. The summed E-state index contributed by atoms with van der Waals surface area (Å²) in [6, 6.07) is 1.32. The number of alkyl halides is 6. The molecule has 0 spiro atoms. The second-order valence-corrected chi connectivity index (χ2v) is 7.67. The molecule has 1 aromatic rings. The SMILES string of the molecule is C[C@@H](OC[C@@]1(C)CC[C@@](N)(C(=O)O)CN1)c1cc(C(F)(F)F)cc(C(F)(F)F)c1. The van der Waals surface area contributed by atoms with Gasteiger partial charge in [0.2, 0.25) is 0 Å². The maximum absolute atomic E-state index is 13.0. The molecule has 1 saturated heterocycles. The third kappa shape index (κ3) is 5.61. The van der Waals surface area contributed by atoms with Gasteiger partial charge in [0.1, 0.15) is 5.54 Å². The normalized spacial score (nSPS) is 26.9. The zero-order valence-corrected chi connectivity index (χ0v) is 15.7. The molecular formula is C18H22F6N2O3. The zero-order valence-electron chi connectivity index (χ0n) is 15.7. The summed E-state index contributed by atoms with van der Waals surface area (Å²) in [4.78, 5) is 11.2. The highest BCUT2D eigenvalue weighted by atomic mass is 19.4. The number of hydrogen-bond acceptors (Lipinski definition) is 4. The van der Waals surface area contributed by atoms with E-state index in [-0.39, 0.29) is 31.2 Å². The number of rotatable bonds is 5. The highest BCUT2D eigenvalue weighted by molar-refractivity contribution is 5.79. The van der Waals surface area contributed by atoms with Crippen LogP contribution in [0.2, 0.25) is 0 Å². The fourth-order valence-electron chi connectivity index (χ4n) is 2.97. The van der Waals surface area contributed by atoms with Gasteiger partial charge in [-0.05, 0) is 50.5 Å². The van der Waals surface area contributed by atoms with E-state index >= 15 is 0 Å². The van der Waals surface area contributed by atoms with Crippen molar-refractivity contribution in [2.24, 2.45) is 5.73 Å². The summed E-state index contributed by atoms with van der Waals surface area (Å²) in [5.41, 5.74) is 0.536. The molecule has 11 heteroatoms. The number of carboxylic acid groups (broad SMARTS) is 1. The van der Waals surface area contributed by atoms with Gasteiger partial charge in [0.15, 0.2) is 0 Å². The Morgan fingerprint density at radius 3 is 2.07 bits per heavy atom. The van der Waals surface area contributed by atoms with E-state index in [1.54, 1.807) is 6.92 Å². The lowest BCUT2D eigenvalue weighted by Gasteiger charge is -2.42. The molecule has 1 heterocycles. The lowest BCUT2D eigenvalue weighted by molar-refractivity contribution is -0.145. The number of nitrogens with one attached hydrogen (secondary N) is 1. The van der Waals surface area contributed by atoms with Gasteiger partial charge < -0.3 is 20.9 Å². The van der Waals surface area contributed by atoms with Crippen LogP contribution in [0.15, 0.2) is 18.2 Å². The molecule has 0 aliphatic carbocycles. The lowest BCUT2D eigenvalue weighted by Crippen LogP contribution is -2.65. The fraction of sp³-hybridized carbons (Fsp3) is 0.611. The topological polar surface area (TPSA) is 84.6 Å². The van der Waals surface area contributed by atoms with Gasteiger partial charge in [0, 0.05) is 12.1 Å². The van der Waals surface area contributed by atoms with Crippen molar-refractivity contribution in [2.75, 3.05) is 13.2 Å². The number of carboxylic acids is 1. The summed E-state index contributed by atoms with van der Waals surface area (Å²) in [5.74, 6) is -1.16. The smallest absolute Gasteiger partial charge is 0.416 e. The molecule has 164 valence electrons. The van der Waals surface area contributed by atoms with Crippen molar-refractivity contribution in [1.29, 1.82) is 0 Å². The van der Waals surface area contributed by atoms with Crippen LogP contribution in [0.25, 0.3) is 0 Å². The quantitative estimate of drug-likeness (QED) is 0.623. The predicted octanol–water partition coefficient (Wildman–Crippen LogP) is 3.73. The van der Waals surface area contributed by atoms with Crippen molar-refractivity contribution in [3.8, 4) is 0 Å². The summed E-state index contributed by atoms with van der Waals surface area (Å²) in [5, 5.41) is 12.1. The number of carbonyl (C=O) groups is 1. The minimum Gasteiger partial charge on any atom is -0.480 e. The van der Waals surface area contributed by atoms with Crippen LogP contribution in [0, 0.1) is 0 Å². The minimum atomic E-state index is -4.94. The van der Waals surface area contributed by atoms with Crippen molar-refractivity contribution in [1.82, 2.24) is 5.32 Å². The summed E-state index contributed by atoms with van der Waals surface area (Å²) in [7, 11) is 0. The number of hydrogen-bond donors (Lipinski definition) is 3. The molecule has 1 aromatic carbocycles. The van der Waals surface area contributed by atoms with Crippen molar-refractivity contribution in [2.45, 2.75) is 56.2 Å². The lowest BCUT2D eigenvalue weighted by atomic mass is 9.81. The maximum Gasteiger partial charge on any atom is 0.416 e. The van der Waals surface area contributed by atoms with E-state index < -0.39 is 46.6 Å². The van der Waals surface area contributed by atoms with Gasteiger partial charge in [-0.3, -0.25) is 4.79 Å². The molecule has 4 N–H and O–H groups in total. The molecule has 0 bridgehead atoms. The van der Waals surface area contributed by atoms with Crippen LogP contribution in [0.5, 0.6) is 0 Å². The molecule has 29 heavy (non-hydrogen) atoms. The Labute approximate surface area is 163 Å². The summed E-state index contributed by atoms with van der Waals surface area (Å²) in [6.45, 7) is 2.97. The van der Waals surface area contributed by atoms with E-state index in [4.69, 9.17) is 15.6 Å². The average molecular weight is 428 g/mol. The molecule has 1 fully saturated rings. The molecule has 1 aliphatic rings. The number of benzene rings is 1. The Morgan fingerprint density at radius 1 is 1.17 bits per heavy atom. The molecule has 3 atom stereocenters. The Bertz CT molecular complexity index is 723. The van der Waals surface area contributed by atoms with Crippen molar-refractivity contribution >= 4 is 5.97 Å². The first-order valence-corrected chi connectivity index (χ1v) is 8.74. The van der Waals surface area contributed by atoms with E-state index in [2.05, 4.69) is 5.32 Å². The van der Waals surface area contributed by atoms with E-state index in [1.807, 2.05) is 0 Å². The number of nitrogens with two attached hydrogens (primary N) is 1. The third-order valence-electron chi connectivity index (χ3n) is 5.11. The summed E-state index contributed by atoms with van der Waals surface area (Å²) < 4.78 is 83.5. The zero-order chi connectivity index (χ0) is 22.3. The van der Waals surface area contributed by atoms with Gasteiger partial charge in [-0.1, -0.05) is 0 Å². The first-order valence-electron chi connectivity index (χ1n) is 8.74. The molecule has 0 aromatic heterocycles. The number of halogens is 6. The van der Waals surface area contributed by atoms with Crippen LogP contribution in [0.1, 0.15) is 49.5 Å². The van der Waals surface area contributed by atoms with E-state index in [0.717, 1.165) is 0 Å². The summed E-state index contributed by atoms with van der Waals surface area (Å²) in [6.07, 6.45) is -10.5. The van der Waals surface area contributed by atoms with Crippen molar-refractivity contribution < 1.29 is 41.0 Å². The Kier molecular flexibility index (Phi) is 6.27. The van der Waals surface area contributed by atoms with Gasteiger partial charge in [0.05, 0.1) is 23.8 Å². The van der Waals surface area contributed by atoms with Crippen LogP contribution in [0.3, 0.4) is 0 Å². The van der Waals surface area contributed by atoms with Gasteiger partial charge in [-0.2, -0.15) is 26.3 Å². The van der Waals surface area contributed by atoms with Crippen molar-refractivity contribution in [3.63, 3.8) is 0 Å². The Hall–Kier alpha value is -1.85. The second kappa shape index (κ2) is 7.77. The van der Waals surface area contributed by atoms with Gasteiger partial charge in [0.25, 0.3) is 0 Å². The Morgan fingerprint density at radius 2 is 1.69 bits per heavy atom. The van der Waals surface area contributed by atoms with Crippen molar-refractivity contribution in [3.05, 3.63) is 34.9 Å². The summed E-state index contributed by atoms with van der Waals surface area (Å²) >= 11 is 0. The van der Waals surface area contributed by atoms with Crippen LogP contribution >= 0.6 is 0 Å². The number of aliphatic carboxylic acids is 1. The van der Waals surface area contributed by atoms with E-state index in [0.29, 0.717) is 18.6 Å². The largest absolute Gasteiger partial charge is 0.480 e. The standard InChI is InChI=1S/C18H22F6N2O3/c1-10(29-9-15(2)3-4-16(25,8-26-15)14(27)28)11-5-12(17(19,20)21)7-13(6-11)18(22,23)24/h5-7,10,26H,3-4,8-9,25H2,1-2H3,(H,27,28)/t10-,15-,16+/m1/s1. The van der Waals surface area contributed by atoms with Crippen LogP contribution in [-0.2, 0) is 21.9 Å². The van der Waals surface area contributed by atoms with Crippen LogP contribution < -0.4 is 11.1 Å². The molecule has 1 aliphatic heterocycles. The third-order valence-corrected chi connectivity index (χ3v) is 5.11. The van der Waals surface area contributed by atoms with Gasteiger partial charge in [-0.25, -0.2) is 0 Å². The predicted molar refractivity (Wildman–Crippen MR) is 91.0 cm³/mol. The molecule has 0 unspecified atom stereocenters. The van der Waals surface area contributed by atoms with E-state index in [9.17, 15) is 31.1 Å². The Balaban J connectivity index is 2.15. The molecule has 0 saturated carbocycles. The first-order chi connectivity index (χ1) is 13.1. The van der Waals surface area contributed by atoms with Gasteiger partial charge >= 0.3 is 18.3 Å². The average Bonchev–Trinajstić information content (AvgIpc) is 2.60. The second-order valence-electron chi connectivity index (χ2n) is 7.67. The molecule has 2 rings (SSSR count). The van der Waals surface area contributed by atoms with E-state index in [1.165, 1.54) is 6.92 Å². The van der Waals surface area contributed by atoms with Gasteiger partial charge in [-0.15, -0.1) is 0 Å². The molecule has 0 amide bonds. The van der Waals surface area contributed by atoms with Crippen LogP contribution in [0.4, 0.5) is 26.3 Å². The monoisotopic (exact) mass is 428 g/mol. The molecule has 0 radical (unpaired) electrons.